The number of hydrogen-bond donors (Lipinski definition) is 0. The summed E-state index contributed by atoms with van der Waals surface area (Å²) in [7, 11) is 0. The third kappa shape index (κ3) is 3.79. The topological polar surface area (TPSA) is 12.9 Å². The Bertz CT molecular complexity index is 566. The number of nitrogens with zero attached hydrogens (tertiary/aromatic N) is 1. The Labute approximate surface area is 153 Å². The van der Waals surface area contributed by atoms with E-state index in [4.69, 9.17) is 4.98 Å². The van der Waals surface area contributed by atoms with Crippen LogP contribution < -0.4 is 0 Å². The first kappa shape index (κ1) is 18.5. The average molecular weight is 430 g/mol. The van der Waals surface area contributed by atoms with Crippen LogP contribution in [0.4, 0.5) is 0 Å². The van der Waals surface area contributed by atoms with Crippen LogP contribution >= 0.6 is 0 Å². The van der Waals surface area contributed by atoms with E-state index in [1.807, 2.05) is 11.7 Å². The van der Waals surface area contributed by atoms with Crippen molar-refractivity contribution in [3.8, 4) is 0 Å². The molecule has 0 unspecified atom stereocenters. The number of hydrogen-bond acceptors (Lipinski definition) is 1. The molecule has 2 aliphatic rings. The van der Waals surface area contributed by atoms with Gasteiger partial charge in [0.2, 0.25) is 0 Å². The van der Waals surface area contributed by atoms with Crippen molar-refractivity contribution in [2.45, 2.75) is 78.8 Å². The zero-order valence-corrected chi connectivity index (χ0v) is 19.2. The van der Waals surface area contributed by atoms with Gasteiger partial charge in [-0.3, -0.25) is 0 Å². The van der Waals surface area contributed by atoms with E-state index in [2.05, 4.69) is 46.9 Å². The van der Waals surface area contributed by atoms with Crippen molar-refractivity contribution in [1.29, 1.82) is 0 Å². The minimum atomic E-state index is -2.29. The normalized spacial score (nSPS) is 25.7. The van der Waals surface area contributed by atoms with Gasteiger partial charge in [-0.05, 0) is 0 Å². The van der Waals surface area contributed by atoms with Crippen molar-refractivity contribution in [1.82, 2.24) is 4.98 Å². The molecule has 24 heavy (non-hydrogen) atoms. The number of rotatable bonds is 4. The van der Waals surface area contributed by atoms with Crippen LogP contribution in [0, 0.1) is 5.92 Å². The Morgan fingerprint density at radius 3 is 2.04 bits per heavy atom. The van der Waals surface area contributed by atoms with Gasteiger partial charge in [-0.1, -0.05) is 0 Å². The summed E-state index contributed by atoms with van der Waals surface area (Å²) < 4.78 is 1.74. The molecule has 2 fully saturated rings. The predicted octanol–water partition coefficient (Wildman–Crippen LogP) is 6.51. The molecule has 2 aliphatic heterocycles. The summed E-state index contributed by atoms with van der Waals surface area (Å²) in [4.78, 5) is 12.6. The molecule has 0 spiro atoms. The molecule has 1 aromatic rings. The number of pyridine rings is 1. The number of aromatic nitrogens is 1. The minimum absolute atomic E-state index is 0.657. The fraction of sp³-hybridized carbons (Fsp3) is 0.667. The molecule has 0 amide bonds. The fourth-order valence-electron chi connectivity index (χ4n) is 5.50. The summed E-state index contributed by atoms with van der Waals surface area (Å²) in [5, 5.41) is 0. The molecule has 2 saturated heterocycles. The molecule has 1 aromatic heterocycles. The summed E-state index contributed by atoms with van der Waals surface area (Å²) in [5.41, 5.74) is 3.12. The van der Waals surface area contributed by atoms with E-state index < -0.39 is 18.4 Å². The molecule has 3 rings (SSSR count). The van der Waals surface area contributed by atoms with E-state index in [-0.39, 0.29) is 0 Å². The summed E-state index contributed by atoms with van der Waals surface area (Å²) in [6, 6.07) is 6.52. The molecule has 0 radical (unpaired) electrons. The van der Waals surface area contributed by atoms with Gasteiger partial charge in [0, 0.05) is 0 Å². The van der Waals surface area contributed by atoms with E-state index in [0.717, 1.165) is 18.3 Å². The van der Waals surface area contributed by atoms with Crippen LogP contribution in [-0.4, -0.2) is 30.1 Å². The first-order valence-electron chi connectivity index (χ1n) is 10.1. The van der Waals surface area contributed by atoms with Gasteiger partial charge < -0.3 is 0 Å². The van der Waals surface area contributed by atoms with E-state index >= 15 is 0 Å². The quantitative estimate of drug-likeness (QED) is 0.497. The molecule has 2 bridgehead atoms. The average Bonchev–Trinajstić information content (AvgIpc) is 2.51. The van der Waals surface area contributed by atoms with Crippen molar-refractivity contribution in [2.75, 3.05) is 0 Å². The monoisotopic (exact) mass is 431 g/mol. The third-order valence-electron chi connectivity index (χ3n) is 6.26. The SMILES string of the molecule is CC(C)/C(B1C2CCCC1CCC2)=[C](\c1ccccn1)[Sn]([CH3])([CH3])[CH3]. The summed E-state index contributed by atoms with van der Waals surface area (Å²) in [6.07, 6.45) is 10.8. The van der Waals surface area contributed by atoms with Crippen molar-refractivity contribution < 1.29 is 0 Å². The Morgan fingerprint density at radius 2 is 1.62 bits per heavy atom. The Hall–Kier alpha value is -0.246. The second-order valence-corrected chi connectivity index (χ2v) is 23.6. The van der Waals surface area contributed by atoms with Gasteiger partial charge in [0.1, 0.15) is 0 Å². The summed E-state index contributed by atoms with van der Waals surface area (Å²) >= 11 is -2.29. The van der Waals surface area contributed by atoms with Crippen molar-refractivity contribution in [3.05, 3.63) is 35.6 Å². The summed E-state index contributed by atoms with van der Waals surface area (Å²) in [5.74, 6) is 2.55. The molecule has 0 saturated carbocycles. The van der Waals surface area contributed by atoms with Crippen LogP contribution in [0.1, 0.15) is 58.1 Å². The van der Waals surface area contributed by atoms with Crippen LogP contribution in [0.25, 0.3) is 3.59 Å². The zero-order chi connectivity index (χ0) is 17.3. The van der Waals surface area contributed by atoms with Gasteiger partial charge in [0.25, 0.3) is 0 Å². The Balaban J connectivity index is 2.17. The van der Waals surface area contributed by atoms with Gasteiger partial charge in [0.05, 0.1) is 0 Å². The van der Waals surface area contributed by atoms with Crippen LogP contribution in [0.15, 0.2) is 29.9 Å². The van der Waals surface area contributed by atoms with Crippen LogP contribution in [0.3, 0.4) is 0 Å². The van der Waals surface area contributed by atoms with E-state index in [0.29, 0.717) is 5.92 Å². The maximum atomic E-state index is 4.83. The van der Waals surface area contributed by atoms with Gasteiger partial charge in [-0.2, -0.15) is 0 Å². The standard InChI is InChI=1S/C18H25BN.3CH3.Sn/c1-14(2)18(13-17-11-3-4-12-20-17)19-15-7-5-8-16(19)10-6-9-15;;;;/h3-4,11-12,14-16H,5-10H2,1-2H3;3*1H3;. The van der Waals surface area contributed by atoms with E-state index in [9.17, 15) is 0 Å². The molecule has 0 aliphatic carbocycles. The molecule has 0 aromatic carbocycles. The van der Waals surface area contributed by atoms with E-state index in [1.165, 1.54) is 44.2 Å². The van der Waals surface area contributed by atoms with Crippen molar-refractivity contribution in [3.63, 3.8) is 0 Å². The molecule has 1 nitrogen and oxygen atoms in total. The third-order valence-corrected chi connectivity index (χ3v) is 12.1. The first-order chi connectivity index (χ1) is 11.4. The Morgan fingerprint density at radius 1 is 1.04 bits per heavy atom. The predicted molar refractivity (Wildman–Crippen MR) is 110 cm³/mol. The fourth-order valence-corrected chi connectivity index (χ4v) is 11.9. The number of allylic oxidation sites excluding steroid dienone is 1. The summed E-state index contributed by atoms with van der Waals surface area (Å²) in [6.45, 7) is 5.74. The molecule has 130 valence electrons. The van der Waals surface area contributed by atoms with Crippen molar-refractivity contribution in [2.24, 2.45) is 5.92 Å². The molecule has 0 N–H and O–H groups in total. The van der Waals surface area contributed by atoms with Gasteiger partial charge in [0.15, 0.2) is 0 Å². The molecular weight excluding hydrogens is 396 g/mol. The van der Waals surface area contributed by atoms with E-state index in [1.54, 1.807) is 3.59 Å². The second kappa shape index (κ2) is 7.55. The Kier molecular flexibility index (Phi) is 5.84. The zero-order valence-electron chi connectivity index (χ0n) is 16.3. The first-order valence-corrected chi connectivity index (χ1v) is 20.0. The second-order valence-electron chi connectivity index (χ2n) is 9.36. The van der Waals surface area contributed by atoms with Gasteiger partial charge >= 0.3 is 154 Å². The molecule has 3 heteroatoms. The van der Waals surface area contributed by atoms with Crippen molar-refractivity contribution >= 4 is 28.7 Å². The van der Waals surface area contributed by atoms with Gasteiger partial charge in [-0.15, -0.1) is 0 Å². The molecule has 0 atom stereocenters. The van der Waals surface area contributed by atoms with Crippen LogP contribution in [0.5, 0.6) is 0 Å². The maximum absolute atomic E-state index is 4.83. The number of fused-ring (bicyclic) bond motifs is 2. The van der Waals surface area contributed by atoms with Crippen LogP contribution in [0.2, 0.25) is 26.5 Å². The molecule has 3 heterocycles. The molecular formula is C21H34BNSn. The van der Waals surface area contributed by atoms with Gasteiger partial charge in [-0.25, -0.2) is 0 Å². The van der Waals surface area contributed by atoms with Crippen LogP contribution in [-0.2, 0) is 0 Å².